The van der Waals surface area contributed by atoms with Crippen LogP contribution in [0.1, 0.15) is 38.3 Å². The van der Waals surface area contributed by atoms with Gasteiger partial charge in [-0.25, -0.2) is 0 Å². The Kier molecular flexibility index (Phi) is 11.3. The molecule has 1 aromatic rings. The average molecular weight is 562 g/mol. The molecular formula is C23H39IN4O4. The molecule has 2 heterocycles. The number of benzene rings is 1. The van der Waals surface area contributed by atoms with E-state index in [4.69, 9.17) is 23.9 Å². The van der Waals surface area contributed by atoms with Crippen molar-refractivity contribution in [2.45, 2.75) is 38.3 Å². The number of methoxy groups -OCH3 is 2. The van der Waals surface area contributed by atoms with E-state index in [-0.39, 0.29) is 35.6 Å². The topological polar surface area (TPSA) is 76.6 Å². The molecule has 182 valence electrons. The van der Waals surface area contributed by atoms with Crippen molar-refractivity contribution < 1.29 is 18.9 Å². The lowest BCUT2D eigenvalue weighted by molar-refractivity contribution is 0.0168. The van der Waals surface area contributed by atoms with Crippen LogP contribution in [-0.2, 0) is 9.47 Å². The maximum atomic E-state index is 5.90. The van der Waals surface area contributed by atoms with Gasteiger partial charge in [0.25, 0.3) is 0 Å². The molecule has 2 unspecified atom stereocenters. The lowest BCUT2D eigenvalue weighted by Gasteiger charge is -2.35. The highest BCUT2D eigenvalue weighted by atomic mass is 127. The minimum atomic E-state index is -0.157. The molecule has 2 atom stereocenters. The fourth-order valence-corrected chi connectivity index (χ4v) is 4.15. The van der Waals surface area contributed by atoms with Gasteiger partial charge in [0.2, 0.25) is 0 Å². The van der Waals surface area contributed by atoms with Crippen molar-refractivity contribution in [3.8, 4) is 11.5 Å². The molecule has 2 N–H and O–H groups in total. The van der Waals surface area contributed by atoms with Crippen LogP contribution < -0.4 is 20.1 Å². The number of hydrogen-bond donors (Lipinski definition) is 2. The zero-order valence-corrected chi connectivity index (χ0v) is 22.1. The lowest BCUT2D eigenvalue weighted by Crippen LogP contribution is -2.46. The number of guanidine groups is 1. The van der Waals surface area contributed by atoms with Crippen LogP contribution in [0.25, 0.3) is 0 Å². The van der Waals surface area contributed by atoms with Crippen molar-refractivity contribution in [3.05, 3.63) is 23.8 Å². The molecule has 0 aromatic heterocycles. The minimum Gasteiger partial charge on any atom is -0.493 e. The van der Waals surface area contributed by atoms with Crippen LogP contribution in [0.15, 0.2) is 23.2 Å². The van der Waals surface area contributed by atoms with E-state index in [0.717, 1.165) is 76.3 Å². The third-order valence-electron chi connectivity index (χ3n) is 5.96. The van der Waals surface area contributed by atoms with Crippen molar-refractivity contribution in [2.75, 3.05) is 66.8 Å². The summed E-state index contributed by atoms with van der Waals surface area (Å²) in [7, 11) is 3.33. The molecule has 0 radical (unpaired) electrons. The Bertz CT molecular complexity index is 722. The summed E-state index contributed by atoms with van der Waals surface area (Å²) in [6, 6.07) is 6.31. The fraction of sp³-hybridized carbons (Fsp3) is 0.696. The highest BCUT2D eigenvalue weighted by Crippen LogP contribution is 2.32. The smallest absolute Gasteiger partial charge is 0.191 e. The zero-order chi connectivity index (χ0) is 22.1. The van der Waals surface area contributed by atoms with Crippen LogP contribution in [0.2, 0.25) is 0 Å². The number of rotatable bonds is 9. The van der Waals surface area contributed by atoms with Gasteiger partial charge < -0.3 is 29.6 Å². The predicted octanol–water partition coefficient (Wildman–Crippen LogP) is 2.82. The number of morpholine rings is 1. The second-order valence-corrected chi connectivity index (χ2v) is 8.26. The van der Waals surface area contributed by atoms with Crippen LogP contribution in [0.3, 0.4) is 0 Å². The summed E-state index contributed by atoms with van der Waals surface area (Å²) in [5.74, 6) is 2.29. The molecule has 1 aromatic carbocycles. The summed E-state index contributed by atoms with van der Waals surface area (Å²) in [6.45, 7) is 10.5. The maximum absolute atomic E-state index is 5.90. The third-order valence-corrected chi connectivity index (χ3v) is 5.96. The van der Waals surface area contributed by atoms with Crippen LogP contribution in [0.4, 0.5) is 0 Å². The number of halogens is 1. The second kappa shape index (κ2) is 13.4. The molecule has 0 bridgehead atoms. The van der Waals surface area contributed by atoms with E-state index in [1.807, 2.05) is 6.07 Å². The Balaban J connectivity index is 0.00000363. The first-order valence-electron chi connectivity index (χ1n) is 11.3. The number of nitrogens with zero attached hydrogens (tertiary/aromatic N) is 2. The third kappa shape index (κ3) is 7.36. The van der Waals surface area contributed by atoms with Crippen LogP contribution in [-0.4, -0.2) is 83.2 Å². The standard InChI is InChI=1S/C23H38N4O4.HI/c1-5-24-22(26-17-23(2)9-6-12-31-23)25-16-19(27-10-13-30-14-11-27)18-7-8-20(28-3)21(15-18)29-4;/h7-8,15,19H,5-6,9-14,16-17H2,1-4H3,(H2,24,25,26);1H. The minimum absolute atomic E-state index is 0. The van der Waals surface area contributed by atoms with E-state index < -0.39 is 0 Å². The Morgan fingerprint density at radius 3 is 2.53 bits per heavy atom. The first-order valence-corrected chi connectivity index (χ1v) is 11.3. The normalized spacial score (nSPS) is 22.7. The number of hydrogen-bond acceptors (Lipinski definition) is 6. The molecule has 3 rings (SSSR count). The molecule has 2 fully saturated rings. The summed E-state index contributed by atoms with van der Waals surface area (Å²) in [5, 5.41) is 6.92. The van der Waals surface area contributed by atoms with E-state index in [0.29, 0.717) is 6.54 Å². The number of aliphatic imine (C=N–C) groups is 1. The van der Waals surface area contributed by atoms with Gasteiger partial charge in [-0.15, -0.1) is 24.0 Å². The molecule has 32 heavy (non-hydrogen) atoms. The van der Waals surface area contributed by atoms with Crippen molar-refractivity contribution in [1.82, 2.24) is 15.5 Å². The van der Waals surface area contributed by atoms with Crippen LogP contribution >= 0.6 is 24.0 Å². The van der Waals surface area contributed by atoms with Gasteiger partial charge >= 0.3 is 0 Å². The van der Waals surface area contributed by atoms with Crippen LogP contribution in [0, 0.1) is 0 Å². The van der Waals surface area contributed by atoms with Crippen molar-refractivity contribution >= 4 is 29.9 Å². The molecule has 0 saturated carbocycles. The quantitative estimate of drug-likeness (QED) is 0.273. The Labute approximate surface area is 209 Å². The highest BCUT2D eigenvalue weighted by Gasteiger charge is 2.30. The molecule has 9 heteroatoms. The number of nitrogens with one attached hydrogen (secondary N) is 2. The molecule has 0 aliphatic carbocycles. The van der Waals surface area contributed by atoms with Gasteiger partial charge in [0.15, 0.2) is 17.5 Å². The maximum Gasteiger partial charge on any atom is 0.191 e. The van der Waals surface area contributed by atoms with Crippen LogP contribution in [0.5, 0.6) is 11.5 Å². The van der Waals surface area contributed by atoms with Gasteiger partial charge in [-0.2, -0.15) is 0 Å². The number of ether oxygens (including phenoxy) is 4. The Hall–Kier alpha value is -1.30. The molecule has 0 spiro atoms. The van der Waals surface area contributed by atoms with Gasteiger partial charge in [-0.1, -0.05) is 6.07 Å². The SMILES string of the molecule is CCNC(=NCC1(C)CCCO1)NCC(c1ccc(OC)c(OC)c1)N1CCOCC1.I. The van der Waals surface area contributed by atoms with Gasteiger partial charge in [0.05, 0.1) is 45.6 Å². The van der Waals surface area contributed by atoms with E-state index in [2.05, 4.69) is 41.5 Å². The molecule has 0 amide bonds. The van der Waals surface area contributed by atoms with Gasteiger partial charge in [0.1, 0.15) is 0 Å². The Morgan fingerprint density at radius 2 is 1.91 bits per heavy atom. The van der Waals surface area contributed by atoms with E-state index in [1.54, 1.807) is 14.2 Å². The fourth-order valence-electron chi connectivity index (χ4n) is 4.15. The van der Waals surface area contributed by atoms with Crippen molar-refractivity contribution in [1.29, 1.82) is 0 Å². The highest BCUT2D eigenvalue weighted by molar-refractivity contribution is 14.0. The average Bonchev–Trinajstić information content (AvgIpc) is 3.24. The lowest BCUT2D eigenvalue weighted by atomic mass is 10.0. The van der Waals surface area contributed by atoms with Crippen molar-refractivity contribution in [2.24, 2.45) is 4.99 Å². The van der Waals surface area contributed by atoms with Crippen molar-refractivity contribution in [3.63, 3.8) is 0 Å². The summed E-state index contributed by atoms with van der Waals surface area (Å²) >= 11 is 0. The molecule has 2 aliphatic heterocycles. The molecule has 2 saturated heterocycles. The monoisotopic (exact) mass is 562 g/mol. The van der Waals surface area contributed by atoms with E-state index >= 15 is 0 Å². The summed E-state index contributed by atoms with van der Waals surface area (Å²) < 4.78 is 22.4. The van der Waals surface area contributed by atoms with E-state index in [9.17, 15) is 0 Å². The summed E-state index contributed by atoms with van der Waals surface area (Å²) in [4.78, 5) is 7.27. The first-order chi connectivity index (χ1) is 15.1. The summed E-state index contributed by atoms with van der Waals surface area (Å²) in [5.41, 5.74) is 1.02. The van der Waals surface area contributed by atoms with E-state index in [1.165, 1.54) is 5.56 Å². The van der Waals surface area contributed by atoms with Gasteiger partial charge in [0, 0.05) is 32.8 Å². The second-order valence-electron chi connectivity index (χ2n) is 8.26. The molecular weight excluding hydrogens is 523 g/mol. The zero-order valence-electron chi connectivity index (χ0n) is 19.8. The Morgan fingerprint density at radius 1 is 1.16 bits per heavy atom. The first kappa shape index (κ1) is 26.9. The predicted molar refractivity (Wildman–Crippen MR) is 138 cm³/mol. The van der Waals surface area contributed by atoms with Gasteiger partial charge in [-0.05, 0) is 44.4 Å². The molecule has 2 aliphatic rings. The summed E-state index contributed by atoms with van der Waals surface area (Å²) in [6.07, 6.45) is 2.16. The largest absolute Gasteiger partial charge is 0.493 e. The molecule has 8 nitrogen and oxygen atoms in total. The van der Waals surface area contributed by atoms with Gasteiger partial charge in [-0.3, -0.25) is 9.89 Å².